The number of ether oxygens (including phenoxy) is 3. The number of nitrogens with one attached hydrogen (secondary N) is 1. The average molecular weight is 745 g/mol. The van der Waals surface area contributed by atoms with Crippen LogP contribution in [0.15, 0.2) is 109 Å². The Hall–Kier alpha value is -4.87. The Bertz CT molecular complexity index is 1990. The zero-order chi connectivity index (χ0) is 32.2. The molecule has 1 fully saturated rings. The molecule has 4 amide bonds. The average Bonchev–Trinajstić information content (AvgIpc) is 3.06. The maximum atomic E-state index is 13.5. The van der Waals surface area contributed by atoms with Crippen LogP contribution in [0.3, 0.4) is 0 Å². The van der Waals surface area contributed by atoms with Crippen LogP contribution in [0, 0.1) is 3.57 Å². The maximum absolute atomic E-state index is 13.5. The summed E-state index contributed by atoms with van der Waals surface area (Å²) in [6.07, 6.45) is 1.43. The minimum absolute atomic E-state index is 0.204. The Morgan fingerprint density at radius 3 is 2.35 bits per heavy atom. The maximum Gasteiger partial charge on any atom is 0.335 e. The Kier molecular flexibility index (Phi) is 9.23. The standard InChI is InChI=1S/C36H26ClIN2O6/c1-44-32-19-23(18-31(38)33(32)46-21-25-7-4-6-24-5-2-3-8-29(24)25)17-30-34(41)39-36(43)40(35(30)42)27-13-15-28(16-14-27)45-20-22-9-11-26(37)12-10-22/h2-19H,20-21H2,1H3,(H,39,41,43)/b30-17+. The number of hydrogen-bond acceptors (Lipinski definition) is 6. The zero-order valence-corrected chi connectivity index (χ0v) is 27.4. The molecule has 1 aliphatic heterocycles. The number of urea groups is 1. The second-order valence-electron chi connectivity index (χ2n) is 10.3. The van der Waals surface area contributed by atoms with Crippen LogP contribution in [0.25, 0.3) is 16.8 Å². The molecule has 5 aromatic carbocycles. The van der Waals surface area contributed by atoms with E-state index in [-0.39, 0.29) is 11.3 Å². The van der Waals surface area contributed by atoms with E-state index in [0.29, 0.717) is 41.0 Å². The summed E-state index contributed by atoms with van der Waals surface area (Å²) in [5.41, 5.74) is 2.56. The van der Waals surface area contributed by atoms with Crippen LogP contribution in [0.2, 0.25) is 5.02 Å². The van der Waals surface area contributed by atoms with E-state index in [1.165, 1.54) is 13.2 Å². The summed E-state index contributed by atoms with van der Waals surface area (Å²) in [6, 6.07) is 30.5. The van der Waals surface area contributed by atoms with Gasteiger partial charge in [0.25, 0.3) is 11.8 Å². The largest absolute Gasteiger partial charge is 0.493 e. The third-order valence-electron chi connectivity index (χ3n) is 7.33. The summed E-state index contributed by atoms with van der Waals surface area (Å²) >= 11 is 8.07. The van der Waals surface area contributed by atoms with Gasteiger partial charge in [-0.1, -0.05) is 66.2 Å². The van der Waals surface area contributed by atoms with Gasteiger partial charge in [-0.15, -0.1) is 0 Å². The molecule has 0 aromatic heterocycles. The number of benzene rings is 5. The normalized spacial score (nSPS) is 14.0. The van der Waals surface area contributed by atoms with E-state index >= 15 is 0 Å². The number of anilines is 1. The van der Waals surface area contributed by atoms with Crippen molar-refractivity contribution in [2.75, 3.05) is 12.0 Å². The van der Waals surface area contributed by atoms with Gasteiger partial charge >= 0.3 is 6.03 Å². The number of amides is 4. The fourth-order valence-corrected chi connectivity index (χ4v) is 5.94. The molecule has 0 bridgehead atoms. The van der Waals surface area contributed by atoms with E-state index in [1.54, 1.807) is 48.5 Å². The first-order valence-corrected chi connectivity index (χ1v) is 15.6. The molecular formula is C36H26ClIN2O6. The summed E-state index contributed by atoms with van der Waals surface area (Å²) in [7, 11) is 1.52. The lowest BCUT2D eigenvalue weighted by molar-refractivity contribution is -0.122. The molecule has 1 aliphatic rings. The molecule has 6 rings (SSSR count). The van der Waals surface area contributed by atoms with Gasteiger partial charge in [-0.2, -0.15) is 0 Å². The molecule has 10 heteroatoms. The fourth-order valence-electron chi connectivity index (χ4n) is 5.03. The number of carbonyl (C=O) groups is 3. The lowest BCUT2D eigenvalue weighted by Crippen LogP contribution is -2.54. The van der Waals surface area contributed by atoms with Gasteiger partial charge in [-0.3, -0.25) is 14.9 Å². The number of fused-ring (bicyclic) bond motifs is 1. The molecule has 1 heterocycles. The van der Waals surface area contributed by atoms with Crippen LogP contribution in [0.1, 0.15) is 16.7 Å². The first kappa shape index (κ1) is 31.1. The first-order valence-electron chi connectivity index (χ1n) is 14.2. The molecule has 1 saturated heterocycles. The Morgan fingerprint density at radius 1 is 0.848 bits per heavy atom. The predicted molar refractivity (Wildman–Crippen MR) is 185 cm³/mol. The van der Waals surface area contributed by atoms with Gasteiger partial charge in [0, 0.05) is 5.02 Å². The third kappa shape index (κ3) is 6.70. The van der Waals surface area contributed by atoms with Gasteiger partial charge in [0.05, 0.1) is 16.4 Å². The number of rotatable bonds is 9. The van der Waals surface area contributed by atoms with Crippen molar-refractivity contribution in [3.05, 3.63) is 134 Å². The molecule has 0 atom stereocenters. The molecule has 46 heavy (non-hydrogen) atoms. The number of hydrogen-bond donors (Lipinski definition) is 1. The summed E-state index contributed by atoms with van der Waals surface area (Å²) in [5.74, 6) is -0.0364. The van der Waals surface area contributed by atoms with Gasteiger partial charge in [0.15, 0.2) is 11.5 Å². The quantitative estimate of drug-likeness (QED) is 0.0937. The second-order valence-corrected chi connectivity index (χ2v) is 11.9. The monoisotopic (exact) mass is 744 g/mol. The van der Waals surface area contributed by atoms with Crippen LogP contribution in [0.4, 0.5) is 10.5 Å². The summed E-state index contributed by atoms with van der Waals surface area (Å²) in [5, 5.41) is 5.11. The van der Waals surface area contributed by atoms with Gasteiger partial charge in [-0.25, -0.2) is 9.69 Å². The molecule has 8 nitrogen and oxygen atoms in total. The highest BCUT2D eigenvalue weighted by atomic mass is 127. The topological polar surface area (TPSA) is 94.2 Å². The van der Waals surface area contributed by atoms with Gasteiger partial charge in [0.1, 0.15) is 24.5 Å². The van der Waals surface area contributed by atoms with E-state index in [2.05, 4.69) is 46.1 Å². The van der Waals surface area contributed by atoms with E-state index in [4.69, 9.17) is 25.8 Å². The van der Waals surface area contributed by atoms with Gasteiger partial charge < -0.3 is 14.2 Å². The predicted octanol–water partition coefficient (Wildman–Crippen LogP) is 7.93. The lowest BCUT2D eigenvalue weighted by atomic mass is 10.1. The van der Waals surface area contributed by atoms with Crippen molar-refractivity contribution < 1.29 is 28.6 Å². The van der Waals surface area contributed by atoms with Crippen molar-refractivity contribution >= 4 is 74.6 Å². The highest BCUT2D eigenvalue weighted by molar-refractivity contribution is 14.1. The van der Waals surface area contributed by atoms with E-state index in [9.17, 15) is 14.4 Å². The van der Waals surface area contributed by atoms with Crippen LogP contribution in [-0.2, 0) is 22.8 Å². The Labute approximate surface area is 283 Å². The van der Waals surface area contributed by atoms with Crippen molar-refractivity contribution in [2.45, 2.75) is 13.2 Å². The molecule has 0 aliphatic carbocycles. The number of methoxy groups -OCH3 is 1. The van der Waals surface area contributed by atoms with Gasteiger partial charge in [0.2, 0.25) is 0 Å². The Morgan fingerprint density at radius 2 is 1.59 bits per heavy atom. The zero-order valence-electron chi connectivity index (χ0n) is 24.5. The molecule has 5 aromatic rings. The van der Waals surface area contributed by atoms with Crippen LogP contribution in [0.5, 0.6) is 17.2 Å². The molecule has 0 saturated carbocycles. The molecule has 0 unspecified atom stereocenters. The molecule has 1 N–H and O–H groups in total. The van der Waals surface area contributed by atoms with Crippen molar-refractivity contribution in [3.63, 3.8) is 0 Å². The van der Waals surface area contributed by atoms with Crippen molar-refractivity contribution in [2.24, 2.45) is 0 Å². The SMILES string of the molecule is COc1cc(/C=C2\C(=O)NC(=O)N(c3ccc(OCc4ccc(Cl)cc4)cc3)C2=O)cc(I)c1OCc1cccc2ccccc12. The minimum atomic E-state index is -0.841. The number of carbonyl (C=O) groups excluding carboxylic acids is 3. The summed E-state index contributed by atoms with van der Waals surface area (Å²) in [4.78, 5) is 40.0. The third-order valence-corrected chi connectivity index (χ3v) is 8.38. The number of nitrogens with zero attached hydrogens (tertiary/aromatic N) is 1. The van der Waals surface area contributed by atoms with Crippen molar-refractivity contribution in [3.8, 4) is 17.2 Å². The molecule has 230 valence electrons. The second kappa shape index (κ2) is 13.6. The van der Waals surface area contributed by atoms with Crippen molar-refractivity contribution in [1.82, 2.24) is 5.32 Å². The van der Waals surface area contributed by atoms with Crippen LogP contribution in [-0.4, -0.2) is 25.0 Å². The van der Waals surface area contributed by atoms with E-state index in [0.717, 1.165) is 30.4 Å². The molecule has 0 radical (unpaired) electrons. The number of imide groups is 2. The van der Waals surface area contributed by atoms with E-state index in [1.807, 2.05) is 36.4 Å². The van der Waals surface area contributed by atoms with E-state index < -0.39 is 17.8 Å². The highest BCUT2D eigenvalue weighted by Gasteiger charge is 2.37. The van der Waals surface area contributed by atoms with Gasteiger partial charge in [-0.05, 0) is 105 Å². The smallest absolute Gasteiger partial charge is 0.335 e. The fraction of sp³-hybridized carbons (Fsp3) is 0.0833. The summed E-state index contributed by atoms with van der Waals surface area (Å²) in [6.45, 7) is 0.632. The summed E-state index contributed by atoms with van der Waals surface area (Å²) < 4.78 is 18.4. The van der Waals surface area contributed by atoms with Crippen molar-refractivity contribution in [1.29, 1.82) is 0 Å². The number of halogens is 2. The highest BCUT2D eigenvalue weighted by Crippen LogP contribution is 2.36. The van der Waals surface area contributed by atoms with Crippen LogP contribution >= 0.6 is 34.2 Å². The molecule has 0 spiro atoms. The first-order chi connectivity index (χ1) is 22.3. The minimum Gasteiger partial charge on any atom is -0.493 e. The molecular weight excluding hydrogens is 719 g/mol. The van der Waals surface area contributed by atoms with Crippen LogP contribution < -0.4 is 24.4 Å². The number of barbiturate groups is 1. The Balaban J connectivity index is 1.20. The lowest BCUT2D eigenvalue weighted by Gasteiger charge is -2.26.